The van der Waals surface area contributed by atoms with Crippen LogP contribution in [0.15, 0.2) is 47.8 Å². The van der Waals surface area contributed by atoms with E-state index in [-0.39, 0.29) is 10.8 Å². The van der Waals surface area contributed by atoms with Crippen LogP contribution in [0.2, 0.25) is 0 Å². The molecule has 0 radical (unpaired) electrons. The van der Waals surface area contributed by atoms with Crippen LogP contribution in [-0.2, 0) is 22.6 Å². The molecule has 13 heteroatoms. The molecule has 172 valence electrons. The van der Waals surface area contributed by atoms with Crippen LogP contribution in [0.25, 0.3) is 5.82 Å². The van der Waals surface area contributed by atoms with E-state index < -0.39 is 33.1 Å². The maximum absolute atomic E-state index is 13.5. The number of nitrogens with one attached hydrogen (secondary N) is 2. The van der Waals surface area contributed by atoms with Crippen LogP contribution in [0, 0.1) is 0 Å². The smallest absolute Gasteiger partial charge is 0.325 e. The van der Waals surface area contributed by atoms with Crippen LogP contribution >= 0.6 is 0 Å². The number of rotatable bonds is 7. The van der Waals surface area contributed by atoms with Crippen molar-refractivity contribution >= 4 is 21.7 Å². The predicted octanol–water partition coefficient (Wildman–Crippen LogP) is 2.61. The van der Waals surface area contributed by atoms with Gasteiger partial charge in [-0.25, -0.2) is 22.8 Å². The summed E-state index contributed by atoms with van der Waals surface area (Å²) in [6.07, 6.45) is -0.750. The lowest BCUT2D eigenvalue weighted by atomic mass is 9.99. The second-order valence-electron chi connectivity index (χ2n) is 7.74. The Bertz CT molecular complexity index is 1200. The second-order valence-corrected chi connectivity index (χ2v) is 9.63. The fourth-order valence-corrected chi connectivity index (χ4v) is 3.60. The van der Waals surface area contributed by atoms with Crippen molar-refractivity contribution in [1.82, 2.24) is 24.5 Å². The molecule has 3 rings (SSSR count). The largest absolute Gasteiger partial charge is 0.421 e. The van der Waals surface area contributed by atoms with Crippen LogP contribution in [-0.4, -0.2) is 40.8 Å². The Kier molecular flexibility index (Phi) is 6.26. The Hall–Kier alpha value is -3.03. The molecule has 0 aliphatic rings. The molecule has 0 saturated carbocycles. The van der Waals surface area contributed by atoms with Gasteiger partial charge in [0.25, 0.3) is 0 Å². The van der Waals surface area contributed by atoms with Crippen molar-refractivity contribution in [2.45, 2.75) is 36.9 Å². The second kappa shape index (κ2) is 8.48. The maximum Gasteiger partial charge on any atom is 0.421 e. The average molecular weight is 469 g/mol. The van der Waals surface area contributed by atoms with E-state index in [1.165, 1.54) is 43.7 Å². The van der Waals surface area contributed by atoms with Gasteiger partial charge in [-0.15, -0.1) is 0 Å². The molecule has 2 aromatic heterocycles. The molecule has 0 atom stereocenters. The van der Waals surface area contributed by atoms with Crippen molar-refractivity contribution in [3.8, 4) is 5.82 Å². The number of anilines is 2. The van der Waals surface area contributed by atoms with Crippen LogP contribution < -0.4 is 15.8 Å². The number of alkyl halides is 3. The molecule has 3 aromatic rings. The van der Waals surface area contributed by atoms with E-state index >= 15 is 0 Å². The predicted molar refractivity (Wildman–Crippen MR) is 112 cm³/mol. The van der Waals surface area contributed by atoms with E-state index in [2.05, 4.69) is 25.1 Å². The third-order valence-corrected chi connectivity index (χ3v) is 5.71. The highest BCUT2D eigenvalue weighted by Crippen LogP contribution is 2.33. The molecule has 0 aliphatic heterocycles. The lowest BCUT2D eigenvalue weighted by Gasteiger charge is -2.16. The first-order valence-electron chi connectivity index (χ1n) is 9.36. The fourth-order valence-electron chi connectivity index (χ4n) is 2.87. The Morgan fingerprint density at radius 3 is 2.34 bits per heavy atom. The van der Waals surface area contributed by atoms with E-state index in [0.29, 0.717) is 23.9 Å². The molecule has 0 unspecified atom stereocenters. The zero-order chi connectivity index (χ0) is 23.7. The highest BCUT2D eigenvalue weighted by molar-refractivity contribution is 7.89. The summed E-state index contributed by atoms with van der Waals surface area (Å²) in [5, 5.41) is 6.78. The number of nitrogens with two attached hydrogens (primary N) is 1. The number of hydrogen-bond donors (Lipinski definition) is 3. The normalized spacial score (nSPS) is 12.7. The van der Waals surface area contributed by atoms with Crippen LogP contribution in [0.3, 0.4) is 0 Å². The van der Waals surface area contributed by atoms with Gasteiger partial charge < -0.3 is 11.1 Å². The molecule has 1 aromatic carbocycles. The van der Waals surface area contributed by atoms with Crippen molar-refractivity contribution in [3.63, 3.8) is 0 Å². The minimum Gasteiger partial charge on any atom is -0.325 e. The number of halogens is 3. The van der Waals surface area contributed by atoms with E-state index in [9.17, 15) is 21.6 Å². The molecule has 4 N–H and O–H groups in total. The first kappa shape index (κ1) is 23.6. The Morgan fingerprint density at radius 1 is 1.12 bits per heavy atom. The van der Waals surface area contributed by atoms with E-state index in [1.807, 2.05) is 0 Å². The summed E-state index contributed by atoms with van der Waals surface area (Å²) in [5.41, 5.74) is 5.40. The van der Waals surface area contributed by atoms with Gasteiger partial charge >= 0.3 is 6.18 Å². The lowest BCUT2D eigenvalue weighted by Crippen LogP contribution is -2.34. The molecular weight excluding hydrogens is 447 g/mol. The molecule has 9 nitrogen and oxygen atoms in total. The van der Waals surface area contributed by atoms with Gasteiger partial charge in [0, 0.05) is 23.6 Å². The molecule has 0 saturated heterocycles. The third kappa shape index (κ3) is 5.60. The van der Waals surface area contributed by atoms with Crippen molar-refractivity contribution < 1.29 is 21.6 Å². The fraction of sp³-hybridized carbons (Fsp3) is 0.316. The Labute approximate surface area is 182 Å². The monoisotopic (exact) mass is 469 g/mol. The summed E-state index contributed by atoms with van der Waals surface area (Å²) in [4.78, 5) is 7.78. The Balaban J connectivity index is 1.95. The quantitative estimate of drug-likeness (QED) is 0.485. The van der Waals surface area contributed by atoms with Gasteiger partial charge in [-0.05, 0) is 57.1 Å². The van der Waals surface area contributed by atoms with Gasteiger partial charge in [0.1, 0.15) is 5.56 Å². The van der Waals surface area contributed by atoms with Gasteiger partial charge in [0.05, 0.1) is 11.1 Å². The van der Waals surface area contributed by atoms with Crippen molar-refractivity contribution in [2.75, 3.05) is 12.4 Å². The van der Waals surface area contributed by atoms with Crippen LogP contribution in [0.4, 0.5) is 24.8 Å². The molecule has 0 fully saturated rings. The first-order chi connectivity index (χ1) is 14.8. The van der Waals surface area contributed by atoms with E-state index in [1.54, 1.807) is 13.8 Å². The topological polar surface area (TPSA) is 128 Å². The number of nitrogens with zero attached hydrogens (tertiary/aromatic N) is 4. The van der Waals surface area contributed by atoms with Crippen molar-refractivity contribution in [2.24, 2.45) is 5.73 Å². The van der Waals surface area contributed by atoms with Gasteiger partial charge in [0.2, 0.25) is 16.0 Å². The highest BCUT2D eigenvalue weighted by atomic mass is 32.2. The standard InChI is InChI=1S/C19H22F3N7O2S/c1-18(2,23)8-12-9-26-29(11-12)16-15(19(20,21)22)10-25-17(28-16)27-13-4-6-14(7-5-13)32(30,31)24-3/h4-7,9-11,24H,8,23H2,1-3H3,(H,25,27,28). The van der Waals surface area contributed by atoms with Gasteiger partial charge in [-0.1, -0.05) is 0 Å². The first-order valence-corrected chi connectivity index (χ1v) is 10.8. The number of hydrogen-bond acceptors (Lipinski definition) is 7. The minimum atomic E-state index is -4.70. The average Bonchev–Trinajstić information content (AvgIpc) is 3.14. The molecule has 2 heterocycles. The maximum atomic E-state index is 13.5. The highest BCUT2D eigenvalue weighted by Gasteiger charge is 2.36. The van der Waals surface area contributed by atoms with Gasteiger partial charge in [-0.3, -0.25) is 0 Å². The van der Waals surface area contributed by atoms with Crippen LogP contribution in [0.5, 0.6) is 0 Å². The van der Waals surface area contributed by atoms with Gasteiger partial charge in [-0.2, -0.15) is 23.3 Å². The third-order valence-electron chi connectivity index (χ3n) is 4.28. The van der Waals surface area contributed by atoms with Crippen molar-refractivity contribution in [3.05, 3.63) is 54.0 Å². The summed E-state index contributed by atoms with van der Waals surface area (Å²) in [7, 11) is -2.33. The number of benzene rings is 1. The molecule has 0 amide bonds. The zero-order valence-electron chi connectivity index (χ0n) is 17.5. The summed E-state index contributed by atoms with van der Waals surface area (Å²) >= 11 is 0. The van der Waals surface area contributed by atoms with Crippen molar-refractivity contribution in [1.29, 1.82) is 0 Å². The minimum absolute atomic E-state index is 0.0338. The van der Waals surface area contributed by atoms with E-state index in [0.717, 1.165) is 4.68 Å². The molecular formula is C19H22F3N7O2S. The number of aromatic nitrogens is 4. The SMILES string of the molecule is CNS(=O)(=O)c1ccc(Nc2ncc(C(F)(F)F)c(-n3cc(CC(C)(C)N)cn3)n2)cc1. The molecule has 32 heavy (non-hydrogen) atoms. The lowest BCUT2D eigenvalue weighted by molar-refractivity contribution is -0.138. The van der Waals surface area contributed by atoms with E-state index in [4.69, 9.17) is 5.73 Å². The molecule has 0 bridgehead atoms. The molecule has 0 spiro atoms. The summed E-state index contributed by atoms with van der Waals surface area (Å²) < 4.78 is 67.5. The Morgan fingerprint density at radius 2 is 1.78 bits per heavy atom. The summed E-state index contributed by atoms with van der Waals surface area (Å²) in [5.74, 6) is -0.570. The summed E-state index contributed by atoms with van der Waals surface area (Å²) in [6, 6.07) is 5.57. The zero-order valence-corrected chi connectivity index (χ0v) is 18.3. The van der Waals surface area contributed by atoms with Gasteiger partial charge in [0.15, 0.2) is 5.82 Å². The van der Waals surface area contributed by atoms with Crippen LogP contribution in [0.1, 0.15) is 25.0 Å². The number of sulfonamides is 1. The molecule has 0 aliphatic carbocycles. The summed E-state index contributed by atoms with van der Waals surface area (Å²) in [6.45, 7) is 3.59.